The maximum Gasteiger partial charge on any atom is 0.336 e. The number of ether oxygens (including phenoxy) is 1. The van der Waals surface area contributed by atoms with Gasteiger partial charge in [0.25, 0.3) is 5.91 Å². The molecule has 0 spiro atoms. The number of nitrogens with two attached hydrogens (primary N) is 2. The molecule has 24 heavy (non-hydrogen) atoms. The van der Waals surface area contributed by atoms with Gasteiger partial charge in [-0.25, -0.2) is 4.79 Å². The Kier molecular flexibility index (Phi) is 4.33. The number of hydrogen-bond donors (Lipinski definition) is 3. The van der Waals surface area contributed by atoms with Crippen LogP contribution >= 0.6 is 22.7 Å². The minimum Gasteiger partial charge on any atom is -0.463 e. The van der Waals surface area contributed by atoms with Gasteiger partial charge in [-0.05, 0) is 25.3 Å². The highest BCUT2D eigenvalue weighted by atomic mass is 32.1. The fraction of sp³-hybridized carbons (Fsp3) is 0.250. The van der Waals surface area contributed by atoms with Crippen molar-refractivity contribution in [2.75, 3.05) is 17.7 Å². The van der Waals surface area contributed by atoms with Crippen molar-refractivity contribution in [3.05, 3.63) is 44.1 Å². The average Bonchev–Trinajstić information content (AvgIpc) is 3.14. The monoisotopic (exact) mass is 363 g/mol. The van der Waals surface area contributed by atoms with E-state index in [9.17, 15) is 9.59 Å². The second-order valence-corrected chi connectivity index (χ2v) is 7.28. The summed E-state index contributed by atoms with van der Waals surface area (Å²) in [6.07, 6.45) is 0. The lowest BCUT2D eigenvalue weighted by Gasteiger charge is -2.27. The third-order valence-corrected chi connectivity index (χ3v) is 5.90. The average molecular weight is 363 g/mol. The Balaban J connectivity index is 2.22. The van der Waals surface area contributed by atoms with Crippen LogP contribution in [0.15, 0.2) is 28.8 Å². The van der Waals surface area contributed by atoms with Crippen molar-refractivity contribution in [1.82, 2.24) is 0 Å². The molecule has 1 amide bonds. The largest absolute Gasteiger partial charge is 0.463 e. The van der Waals surface area contributed by atoms with Gasteiger partial charge in [0.1, 0.15) is 4.88 Å². The summed E-state index contributed by atoms with van der Waals surface area (Å²) in [6, 6.07) is 3.86. The highest BCUT2D eigenvalue weighted by Crippen LogP contribution is 2.50. The van der Waals surface area contributed by atoms with Crippen molar-refractivity contribution < 1.29 is 14.3 Å². The Morgan fingerprint density at radius 2 is 2.17 bits per heavy atom. The van der Waals surface area contributed by atoms with E-state index in [4.69, 9.17) is 16.2 Å². The third kappa shape index (κ3) is 2.57. The molecule has 0 saturated heterocycles. The van der Waals surface area contributed by atoms with Gasteiger partial charge in [0.2, 0.25) is 0 Å². The molecular formula is C16H17N3O3S2. The molecule has 2 aromatic heterocycles. The summed E-state index contributed by atoms with van der Waals surface area (Å²) < 4.78 is 5.23. The second-order valence-electron chi connectivity index (χ2n) is 5.28. The SMILES string of the molecule is CCOC(=O)C1=C(C)Nc2sc(C(N)=O)c(N)c2[C@H]1c1cccs1. The van der Waals surface area contributed by atoms with E-state index >= 15 is 0 Å². The van der Waals surface area contributed by atoms with Crippen molar-refractivity contribution in [2.24, 2.45) is 5.73 Å². The summed E-state index contributed by atoms with van der Waals surface area (Å²) in [5.41, 5.74) is 13.9. The van der Waals surface area contributed by atoms with Crippen LogP contribution < -0.4 is 16.8 Å². The van der Waals surface area contributed by atoms with Crippen LogP contribution in [0.25, 0.3) is 0 Å². The number of amides is 1. The first kappa shape index (κ1) is 16.5. The van der Waals surface area contributed by atoms with Crippen molar-refractivity contribution in [2.45, 2.75) is 19.8 Å². The quantitative estimate of drug-likeness (QED) is 0.724. The van der Waals surface area contributed by atoms with E-state index < -0.39 is 11.9 Å². The molecule has 8 heteroatoms. The molecule has 0 aliphatic carbocycles. The maximum absolute atomic E-state index is 12.5. The molecule has 2 aromatic rings. The Hall–Kier alpha value is -2.32. The Morgan fingerprint density at radius 1 is 1.42 bits per heavy atom. The molecule has 1 atom stereocenters. The standard InChI is InChI=1S/C16H17N3O3S2/c1-3-22-16(21)9-7(2)19-15-11(10(9)8-5-4-6-23-8)12(17)13(24-15)14(18)20/h4-6,10,19H,3,17H2,1-2H3,(H2,18,20)/t10-/m0/s1. The van der Waals surface area contributed by atoms with Crippen LogP contribution in [0.1, 0.15) is 39.9 Å². The van der Waals surface area contributed by atoms with Crippen LogP contribution in [0, 0.1) is 0 Å². The molecule has 0 radical (unpaired) electrons. The number of rotatable bonds is 4. The zero-order chi connectivity index (χ0) is 17.4. The number of thiophene rings is 2. The summed E-state index contributed by atoms with van der Waals surface area (Å²) in [5, 5.41) is 5.85. The normalized spacial score (nSPS) is 16.5. The summed E-state index contributed by atoms with van der Waals surface area (Å²) in [7, 11) is 0. The molecule has 1 aliphatic heterocycles. The summed E-state index contributed by atoms with van der Waals surface area (Å²) in [6.45, 7) is 3.86. The van der Waals surface area contributed by atoms with Gasteiger partial charge < -0.3 is 21.5 Å². The van der Waals surface area contributed by atoms with Crippen molar-refractivity contribution in [3.63, 3.8) is 0 Å². The number of carbonyl (C=O) groups excluding carboxylic acids is 2. The number of primary amides is 1. The topological polar surface area (TPSA) is 107 Å². The van der Waals surface area contributed by atoms with Crippen LogP contribution in [0.3, 0.4) is 0 Å². The summed E-state index contributed by atoms with van der Waals surface area (Å²) in [4.78, 5) is 25.4. The lowest BCUT2D eigenvalue weighted by Crippen LogP contribution is -2.23. The number of esters is 1. The second kappa shape index (κ2) is 6.29. The fourth-order valence-electron chi connectivity index (χ4n) is 2.84. The number of nitrogen functional groups attached to an aromatic ring is 1. The molecule has 0 fully saturated rings. The first-order valence-electron chi connectivity index (χ1n) is 7.35. The highest BCUT2D eigenvalue weighted by Gasteiger charge is 2.38. The fourth-order valence-corrected chi connectivity index (χ4v) is 4.75. The minimum absolute atomic E-state index is 0.283. The van der Waals surface area contributed by atoms with Gasteiger partial charge in [0, 0.05) is 16.1 Å². The van der Waals surface area contributed by atoms with Crippen LogP contribution in [-0.2, 0) is 9.53 Å². The van der Waals surface area contributed by atoms with Gasteiger partial charge in [0.05, 0.1) is 28.8 Å². The number of nitrogens with one attached hydrogen (secondary N) is 1. The predicted octanol–water partition coefficient (Wildman–Crippen LogP) is 2.89. The van der Waals surface area contributed by atoms with Crippen LogP contribution in [0.2, 0.25) is 0 Å². The van der Waals surface area contributed by atoms with Gasteiger partial charge in [0.15, 0.2) is 0 Å². The molecule has 0 unspecified atom stereocenters. The third-order valence-electron chi connectivity index (χ3n) is 3.81. The number of allylic oxidation sites excluding steroid dienone is 1. The summed E-state index contributed by atoms with van der Waals surface area (Å²) in [5.74, 6) is -1.34. The van der Waals surface area contributed by atoms with Crippen LogP contribution in [0.4, 0.5) is 10.7 Å². The molecular weight excluding hydrogens is 346 g/mol. The molecule has 0 aromatic carbocycles. The Bertz CT molecular complexity index is 837. The highest BCUT2D eigenvalue weighted by molar-refractivity contribution is 7.19. The van der Waals surface area contributed by atoms with E-state index in [0.29, 0.717) is 27.4 Å². The zero-order valence-corrected chi connectivity index (χ0v) is 14.8. The first-order chi connectivity index (χ1) is 11.5. The van der Waals surface area contributed by atoms with Crippen molar-refractivity contribution in [3.8, 4) is 0 Å². The molecule has 3 rings (SSSR count). The molecule has 6 nitrogen and oxygen atoms in total. The van der Waals surface area contributed by atoms with E-state index in [1.807, 2.05) is 24.4 Å². The van der Waals surface area contributed by atoms with Gasteiger partial charge in [-0.15, -0.1) is 22.7 Å². The molecule has 126 valence electrons. The van der Waals surface area contributed by atoms with Gasteiger partial charge in [-0.3, -0.25) is 4.79 Å². The van der Waals surface area contributed by atoms with Crippen molar-refractivity contribution >= 4 is 45.2 Å². The lowest BCUT2D eigenvalue weighted by atomic mass is 9.86. The van der Waals surface area contributed by atoms with E-state index in [1.54, 1.807) is 6.92 Å². The van der Waals surface area contributed by atoms with Gasteiger partial charge in [-0.1, -0.05) is 6.07 Å². The van der Waals surface area contributed by atoms with Gasteiger partial charge >= 0.3 is 5.97 Å². The smallest absolute Gasteiger partial charge is 0.336 e. The molecule has 3 heterocycles. The predicted molar refractivity (Wildman–Crippen MR) is 96.4 cm³/mol. The minimum atomic E-state index is -0.575. The van der Waals surface area contributed by atoms with Gasteiger partial charge in [-0.2, -0.15) is 0 Å². The van der Waals surface area contributed by atoms with E-state index in [2.05, 4.69) is 5.32 Å². The Labute approximate surface area is 147 Å². The lowest BCUT2D eigenvalue weighted by molar-refractivity contribution is -0.138. The maximum atomic E-state index is 12.5. The summed E-state index contributed by atoms with van der Waals surface area (Å²) >= 11 is 2.73. The number of fused-ring (bicyclic) bond motifs is 1. The zero-order valence-electron chi connectivity index (χ0n) is 13.2. The molecule has 5 N–H and O–H groups in total. The van der Waals surface area contributed by atoms with Crippen LogP contribution in [0.5, 0.6) is 0 Å². The van der Waals surface area contributed by atoms with E-state index in [-0.39, 0.29) is 12.5 Å². The molecule has 0 saturated carbocycles. The van der Waals surface area contributed by atoms with Crippen molar-refractivity contribution in [1.29, 1.82) is 0 Å². The van der Waals surface area contributed by atoms with E-state index in [1.165, 1.54) is 22.7 Å². The number of anilines is 2. The molecule has 1 aliphatic rings. The molecule has 0 bridgehead atoms. The van der Waals surface area contributed by atoms with Crippen LogP contribution in [-0.4, -0.2) is 18.5 Å². The number of carbonyl (C=O) groups is 2. The Morgan fingerprint density at radius 3 is 2.75 bits per heavy atom. The first-order valence-corrected chi connectivity index (χ1v) is 9.05. The number of hydrogen-bond acceptors (Lipinski definition) is 7. The van der Waals surface area contributed by atoms with E-state index in [0.717, 1.165) is 9.88 Å².